The number of nitrogens with two attached hydrogens (primary N) is 1. The van der Waals surface area contributed by atoms with Crippen LogP contribution in [0.4, 0.5) is 0 Å². The van der Waals surface area contributed by atoms with Gasteiger partial charge in [-0.05, 0) is 54.1 Å². The van der Waals surface area contributed by atoms with Gasteiger partial charge in [0.25, 0.3) is 11.1 Å². The molecule has 3 heterocycles. The van der Waals surface area contributed by atoms with Gasteiger partial charge in [-0.2, -0.15) is 14.6 Å². The average molecular weight is 523 g/mol. The Balaban J connectivity index is 1.46. The summed E-state index contributed by atoms with van der Waals surface area (Å²) >= 11 is 1.03. The van der Waals surface area contributed by atoms with Crippen LogP contribution in [0.15, 0.2) is 79.6 Å². The van der Waals surface area contributed by atoms with E-state index < -0.39 is 21.1 Å². The van der Waals surface area contributed by atoms with Gasteiger partial charge in [0.1, 0.15) is 27.5 Å². The van der Waals surface area contributed by atoms with Crippen LogP contribution in [0.1, 0.15) is 17.0 Å². The highest BCUT2D eigenvalue weighted by Crippen LogP contribution is 2.24. The number of fused-ring (bicyclic) bond motifs is 1. The number of sulfonamides is 1. The van der Waals surface area contributed by atoms with Crippen LogP contribution in [0.5, 0.6) is 5.75 Å². The van der Waals surface area contributed by atoms with E-state index in [0.717, 1.165) is 21.4 Å². The second-order valence-electron chi connectivity index (χ2n) is 7.77. The summed E-state index contributed by atoms with van der Waals surface area (Å²) in [6.45, 7) is 0. The van der Waals surface area contributed by atoms with E-state index in [9.17, 15) is 18.0 Å². The van der Waals surface area contributed by atoms with Crippen LogP contribution in [0.25, 0.3) is 22.4 Å². The molecular formula is C24H18N4O6S2. The number of thiazole rings is 1. The van der Waals surface area contributed by atoms with Crippen molar-refractivity contribution in [3.8, 4) is 17.1 Å². The predicted molar refractivity (Wildman–Crippen MR) is 134 cm³/mol. The van der Waals surface area contributed by atoms with Crippen LogP contribution in [-0.2, 0) is 16.4 Å². The lowest BCUT2D eigenvalue weighted by molar-refractivity contribution is 0.414. The maximum atomic E-state index is 13.0. The first kappa shape index (κ1) is 23.6. The molecular weight excluding hydrogens is 504 g/mol. The monoisotopic (exact) mass is 522 g/mol. The van der Waals surface area contributed by atoms with Gasteiger partial charge in [0.05, 0.1) is 12.0 Å². The smallest absolute Gasteiger partial charge is 0.296 e. The van der Waals surface area contributed by atoms with Crippen molar-refractivity contribution >= 4 is 32.4 Å². The molecule has 5 aromatic rings. The molecule has 2 N–H and O–H groups in total. The first-order valence-electron chi connectivity index (χ1n) is 10.5. The molecule has 0 radical (unpaired) electrons. The van der Waals surface area contributed by atoms with Crippen LogP contribution in [0.2, 0.25) is 0 Å². The Morgan fingerprint density at radius 3 is 2.44 bits per heavy atom. The zero-order chi connectivity index (χ0) is 25.4. The van der Waals surface area contributed by atoms with Crippen LogP contribution >= 0.6 is 11.3 Å². The summed E-state index contributed by atoms with van der Waals surface area (Å²) in [5, 5.41) is 9.38. The minimum absolute atomic E-state index is 0.00742. The quantitative estimate of drug-likeness (QED) is 0.353. The number of aromatic nitrogens is 3. The van der Waals surface area contributed by atoms with Crippen molar-refractivity contribution in [2.45, 2.75) is 11.3 Å². The van der Waals surface area contributed by atoms with E-state index >= 15 is 0 Å². The van der Waals surface area contributed by atoms with Gasteiger partial charge in [-0.25, -0.2) is 13.6 Å². The maximum absolute atomic E-state index is 13.0. The summed E-state index contributed by atoms with van der Waals surface area (Å²) < 4.78 is 35.2. The van der Waals surface area contributed by atoms with Gasteiger partial charge < -0.3 is 9.15 Å². The standard InChI is InChI=1S/C24H18N4O6S2/c1-33-16-6-2-14(3-7-16)12-19-22(29)26-24-28(27-19)23(30)21(35-24)13-17-8-11-20(34-17)15-4-9-18(10-5-15)36(25,31)32/h2-11,13H,12H2,1H3,(H2,25,31,32)/b21-13-. The third kappa shape index (κ3) is 4.69. The highest BCUT2D eigenvalue weighted by Gasteiger charge is 2.13. The molecule has 2 aromatic carbocycles. The number of ether oxygens (including phenoxy) is 1. The lowest BCUT2D eigenvalue weighted by Gasteiger charge is -2.02. The molecule has 0 fully saturated rings. The Morgan fingerprint density at radius 2 is 1.78 bits per heavy atom. The first-order valence-corrected chi connectivity index (χ1v) is 12.9. The van der Waals surface area contributed by atoms with E-state index in [1.165, 1.54) is 12.1 Å². The molecule has 0 aliphatic rings. The third-order valence-corrected chi connectivity index (χ3v) is 7.24. The number of methoxy groups -OCH3 is 1. The molecule has 0 aliphatic carbocycles. The Bertz CT molecular complexity index is 1860. The van der Waals surface area contributed by atoms with Crippen molar-refractivity contribution in [2.75, 3.05) is 7.11 Å². The highest BCUT2D eigenvalue weighted by atomic mass is 32.2. The fourth-order valence-electron chi connectivity index (χ4n) is 3.51. The Labute approximate surface area is 208 Å². The van der Waals surface area contributed by atoms with E-state index in [1.54, 1.807) is 49.6 Å². The summed E-state index contributed by atoms with van der Waals surface area (Å²) in [4.78, 5) is 29.7. The van der Waals surface area contributed by atoms with Gasteiger partial charge in [-0.15, -0.1) is 0 Å². The van der Waals surface area contributed by atoms with Gasteiger partial charge in [0.2, 0.25) is 15.0 Å². The third-order valence-electron chi connectivity index (χ3n) is 5.35. The van der Waals surface area contributed by atoms with Crippen molar-refractivity contribution in [2.24, 2.45) is 5.14 Å². The minimum Gasteiger partial charge on any atom is -0.497 e. The van der Waals surface area contributed by atoms with Crippen molar-refractivity contribution in [3.05, 3.63) is 103 Å². The normalized spacial score (nSPS) is 12.3. The number of primary sulfonamides is 1. The molecule has 0 unspecified atom stereocenters. The molecule has 0 atom stereocenters. The Morgan fingerprint density at radius 1 is 1.06 bits per heavy atom. The molecule has 182 valence electrons. The lowest BCUT2D eigenvalue weighted by atomic mass is 10.1. The van der Waals surface area contributed by atoms with E-state index in [2.05, 4.69) is 10.1 Å². The van der Waals surface area contributed by atoms with E-state index in [0.29, 0.717) is 27.4 Å². The molecule has 0 saturated heterocycles. The second-order valence-corrected chi connectivity index (χ2v) is 10.3. The molecule has 0 spiro atoms. The maximum Gasteiger partial charge on any atom is 0.296 e. The number of nitrogens with zero attached hydrogens (tertiary/aromatic N) is 3. The number of furan rings is 1. The Kier molecular flexibility index (Phi) is 6.00. The van der Waals surface area contributed by atoms with Crippen LogP contribution in [-0.4, -0.2) is 30.1 Å². The molecule has 0 saturated carbocycles. The molecule has 12 heteroatoms. The highest BCUT2D eigenvalue weighted by molar-refractivity contribution is 7.89. The summed E-state index contributed by atoms with van der Waals surface area (Å²) in [5.74, 6) is 1.56. The van der Waals surface area contributed by atoms with Crippen LogP contribution in [0, 0.1) is 0 Å². The lowest BCUT2D eigenvalue weighted by Crippen LogP contribution is -2.28. The van der Waals surface area contributed by atoms with E-state index in [4.69, 9.17) is 14.3 Å². The fraction of sp³-hybridized carbons (Fsp3) is 0.0833. The number of benzene rings is 2. The topological polar surface area (TPSA) is 147 Å². The zero-order valence-corrected chi connectivity index (χ0v) is 20.4. The minimum atomic E-state index is -3.79. The van der Waals surface area contributed by atoms with Crippen molar-refractivity contribution in [1.29, 1.82) is 0 Å². The molecule has 0 amide bonds. The zero-order valence-electron chi connectivity index (χ0n) is 18.7. The summed E-state index contributed by atoms with van der Waals surface area (Å²) in [6.07, 6.45) is 1.76. The predicted octanol–water partition coefficient (Wildman–Crippen LogP) is 1.57. The van der Waals surface area contributed by atoms with Gasteiger partial charge in [-0.1, -0.05) is 23.5 Å². The van der Waals surface area contributed by atoms with Gasteiger partial charge in [-0.3, -0.25) is 9.59 Å². The van der Waals surface area contributed by atoms with Gasteiger partial charge >= 0.3 is 0 Å². The summed E-state index contributed by atoms with van der Waals surface area (Å²) in [6, 6.07) is 16.5. The van der Waals surface area contributed by atoms with Crippen molar-refractivity contribution in [1.82, 2.24) is 14.6 Å². The largest absolute Gasteiger partial charge is 0.497 e. The van der Waals surface area contributed by atoms with E-state index in [-0.39, 0.29) is 22.0 Å². The molecule has 3 aromatic heterocycles. The molecule has 36 heavy (non-hydrogen) atoms. The van der Waals surface area contributed by atoms with Crippen molar-refractivity contribution in [3.63, 3.8) is 0 Å². The SMILES string of the molecule is COc1ccc(Cc2nn3c(=O)/c(=C/c4ccc(-c5ccc(S(N)(=O)=O)cc5)o4)sc3nc2=O)cc1. The summed E-state index contributed by atoms with van der Waals surface area (Å²) in [5.41, 5.74) is 0.701. The first-order chi connectivity index (χ1) is 17.2. The molecule has 5 rings (SSSR count). The van der Waals surface area contributed by atoms with Crippen LogP contribution < -0.4 is 25.5 Å². The van der Waals surface area contributed by atoms with Gasteiger partial charge in [0, 0.05) is 18.1 Å². The Hall–Kier alpha value is -4.13. The van der Waals surface area contributed by atoms with Crippen LogP contribution in [0.3, 0.4) is 0 Å². The van der Waals surface area contributed by atoms with Crippen molar-refractivity contribution < 1.29 is 17.6 Å². The molecule has 0 bridgehead atoms. The van der Waals surface area contributed by atoms with E-state index in [1.807, 2.05) is 12.1 Å². The second kappa shape index (κ2) is 9.15. The van der Waals surface area contributed by atoms with Gasteiger partial charge in [0.15, 0.2) is 0 Å². The number of rotatable bonds is 6. The molecule has 0 aliphatic heterocycles. The fourth-order valence-corrected chi connectivity index (χ4v) is 4.91. The molecule has 10 nitrogen and oxygen atoms in total. The number of hydrogen-bond acceptors (Lipinski definition) is 9. The summed E-state index contributed by atoms with van der Waals surface area (Å²) in [7, 11) is -2.22. The number of hydrogen-bond donors (Lipinski definition) is 1. The average Bonchev–Trinajstić information content (AvgIpc) is 3.44.